The van der Waals surface area contributed by atoms with Crippen LogP contribution in [0.2, 0.25) is 0 Å². The summed E-state index contributed by atoms with van der Waals surface area (Å²) < 4.78 is 16.3. The van der Waals surface area contributed by atoms with Crippen LogP contribution in [0.1, 0.15) is 40.0 Å². The zero-order valence-electron chi connectivity index (χ0n) is 9.67. The van der Waals surface area contributed by atoms with E-state index in [1.807, 2.05) is 20.8 Å². The summed E-state index contributed by atoms with van der Waals surface area (Å²) in [6, 6.07) is 0. The van der Waals surface area contributed by atoms with Crippen LogP contribution in [0.5, 0.6) is 0 Å². The smallest absolute Gasteiger partial charge is 0.283 e. The third-order valence-electron chi connectivity index (χ3n) is 1.58. The topological polar surface area (TPSA) is 27.7 Å². The van der Waals surface area contributed by atoms with Crippen LogP contribution in [0.4, 0.5) is 0 Å². The second kappa shape index (κ2) is 8.21. The molecule has 0 amide bonds. The quantitative estimate of drug-likeness (QED) is 0.539. The molecule has 3 nitrogen and oxygen atoms in total. The van der Waals surface area contributed by atoms with Gasteiger partial charge in [-0.05, 0) is 19.3 Å². The Balaban J connectivity index is 3.89. The van der Waals surface area contributed by atoms with Crippen molar-refractivity contribution in [3.8, 4) is 0 Å². The molecule has 0 unspecified atom stereocenters. The Labute approximate surface area is 87.7 Å². The first kappa shape index (κ1) is 13.9. The van der Waals surface area contributed by atoms with Gasteiger partial charge in [0, 0.05) is 6.92 Å². The predicted molar refractivity (Wildman–Crippen MR) is 56.8 cm³/mol. The molecule has 0 aromatic heterocycles. The van der Waals surface area contributed by atoms with E-state index in [1.165, 1.54) is 0 Å². The fraction of sp³-hybridized carbons (Fsp3) is 0.909. The monoisotopic (exact) mass is 203 g/mol. The van der Waals surface area contributed by atoms with Crippen molar-refractivity contribution in [2.24, 2.45) is 0 Å². The highest BCUT2D eigenvalue weighted by Gasteiger charge is 2.26. The molecule has 3 heteroatoms. The minimum absolute atomic E-state index is 0.608. The first-order valence-electron chi connectivity index (χ1n) is 5.45. The summed E-state index contributed by atoms with van der Waals surface area (Å²) in [5, 5.41) is 0. The van der Waals surface area contributed by atoms with Crippen molar-refractivity contribution in [1.29, 1.82) is 0 Å². The molecule has 0 aliphatic carbocycles. The normalized spacial score (nSPS) is 12.0. The van der Waals surface area contributed by atoms with Crippen LogP contribution in [-0.2, 0) is 14.2 Å². The zero-order chi connectivity index (χ0) is 10.9. The Morgan fingerprint density at radius 3 is 1.29 bits per heavy atom. The maximum Gasteiger partial charge on any atom is 0.283 e. The van der Waals surface area contributed by atoms with Crippen LogP contribution in [0.3, 0.4) is 0 Å². The van der Waals surface area contributed by atoms with Crippen LogP contribution in [0.15, 0.2) is 0 Å². The van der Waals surface area contributed by atoms with Crippen LogP contribution in [-0.4, -0.2) is 25.8 Å². The van der Waals surface area contributed by atoms with E-state index in [4.69, 9.17) is 14.2 Å². The van der Waals surface area contributed by atoms with Crippen molar-refractivity contribution in [2.75, 3.05) is 19.8 Å². The van der Waals surface area contributed by atoms with E-state index in [0.29, 0.717) is 19.8 Å². The number of hydrogen-bond acceptors (Lipinski definition) is 3. The summed E-state index contributed by atoms with van der Waals surface area (Å²) in [6.45, 7) is 11.8. The molecular weight excluding hydrogens is 180 g/mol. The molecular formula is C11H23O3. The average Bonchev–Trinajstić information content (AvgIpc) is 2.21. The van der Waals surface area contributed by atoms with Gasteiger partial charge in [0.2, 0.25) is 0 Å². The lowest BCUT2D eigenvalue weighted by Gasteiger charge is -2.29. The second-order valence-electron chi connectivity index (χ2n) is 3.23. The van der Waals surface area contributed by atoms with E-state index < -0.39 is 5.97 Å². The van der Waals surface area contributed by atoms with E-state index in [-0.39, 0.29) is 0 Å². The van der Waals surface area contributed by atoms with Gasteiger partial charge in [-0.3, -0.25) is 0 Å². The molecule has 0 bridgehead atoms. The van der Waals surface area contributed by atoms with Crippen molar-refractivity contribution in [1.82, 2.24) is 0 Å². The first-order valence-corrected chi connectivity index (χ1v) is 5.45. The van der Waals surface area contributed by atoms with Gasteiger partial charge in [0.25, 0.3) is 5.97 Å². The fourth-order valence-corrected chi connectivity index (χ4v) is 0.898. The van der Waals surface area contributed by atoms with E-state index in [9.17, 15) is 0 Å². The molecule has 85 valence electrons. The predicted octanol–water partition coefficient (Wildman–Crippen LogP) is 2.75. The van der Waals surface area contributed by atoms with Gasteiger partial charge in [-0.15, -0.1) is 0 Å². The molecule has 0 saturated heterocycles. The molecule has 0 aliphatic heterocycles. The SMILES string of the molecule is [CH2]C(OCCC)(OCCC)OCCC. The molecule has 0 rings (SSSR count). The lowest BCUT2D eigenvalue weighted by molar-refractivity contribution is -0.352. The van der Waals surface area contributed by atoms with Crippen LogP contribution in [0.25, 0.3) is 0 Å². The highest BCUT2D eigenvalue weighted by molar-refractivity contribution is 4.60. The lowest BCUT2D eigenvalue weighted by atomic mass is 10.5. The molecule has 0 aromatic carbocycles. The standard InChI is InChI=1S/C11H23O3/c1-5-8-12-11(4,13-9-6-2)14-10-7-3/h4-10H2,1-3H3. The van der Waals surface area contributed by atoms with E-state index in [0.717, 1.165) is 19.3 Å². The second-order valence-corrected chi connectivity index (χ2v) is 3.23. The lowest BCUT2D eigenvalue weighted by Crippen LogP contribution is -2.37. The molecule has 0 N–H and O–H groups in total. The van der Waals surface area contributed by atoms with Gasteiger partial charge in [-0.25, -0.2) is 0 Å². The van der Waals surface area contributed by atoms with Crippen molar-refractivity contribution >= 4 is 0 Å². The largest absolute Gasteiger partial charge is 0.327 e. The Kier molecular flexibility index (Phi) is 8.14. The Hall–Kier alpha value is -0.120. The maximum atomic E-state index is 5.43. The minimum Gasteiger partial charge on any atom is -0.327 e. The molecule has 0 aromatic rings. The number of hydrogen-bond donors (Lipinski definition) is 0. The summed E-state index contributed by atoms with van der Waals surface area (Å²) >= 11 is 0. The van der Waals surface area contributed by atoms with Gasteiger partial charge in [0.05, 0.1) is 19.8 Å². The van der Waals surface area contributed by atoms with E-state index in [1.54, 1.807) is 0 Å². The summed E-state index contributed by atoms with van der Waals surface area (Å²) in [4.78, 5) is 0. The summed E-state index contributed by atoms with van der Waals surface area (Å²) in [6.07, 6.45) is 2.80. The summed E-state index contributed by atoms with van der Waals surface area (Å²) in [5.74, 6) is -1.10. The fourth-order valence-electron chi connectivity index (χ4n) is 0.898. The molecule has 0 aliphatic rings. The molecule has 14 heavy (non-hydrogen) atoms. The molecule has 0 heterocycles. The minimum atomic E-state index is -1.10. The van der Waals surface area contributed by atoms with E-state index >= 15 is 0 Å². The van der Waals surface area contributed by atoms with Crippen LogP contribution >= 0.6 is 0 Å². The maximum absolute atomic E-state index is 5.43. The van der Waals surface area contributed by atoms with Gasteiger partial charge in [0.1, 0.15) is 0 Å². The van der Waals surface area contributed by atoms with Crippen LogP contribution < -0.4 is 0 Å². The van der Waals surface area contributed by atoms with Gasteiger partial charge < -0.3 is 14.2 Å². The number of rotatable bonds is 9. The summed E-state index contributed by atoms with van der Waals surface area (Å²) in [7, 11) is 0. The van der Waals surface area contributed by atoms with Gasteiger partial charge >= 0.3 is 0 Å². The highest BCUT2D eigenvalue weighted by Crippen LogP contribution is 2.15. The third kappa shape index (κ3) is 6.35. The van der Waals surface area contributed by atoms with Gasteiger partial charge in [0.15, 0.2) is 0 Å². The molecule has 0 spiro atoms. The molecule has 0 atom stereocenters. The van der Waals surface area contributed by atoms with Gasteiger partial charge in [-0.1, -0.05) is 20.8 Å². The summed E-state index contributed by atoms with van der Waals surface area (Å²) in [5.41, 5.74) is 0. The Morgan fingerprint density at radius 2 is 1.07 bits per heavy atom. The van der Waals surface area contributed by atoms with Gasteiger partial charge in [-0.2, -0.15) is 0 Å². The average molecular weight is 203 g/mol. The van der Waals surface area contributed by atoms with Crippen molar-refractivity contribution in [3.05, 3.63) is 6.92 Å². The first-order chi connectivity index (χ1) is 6.68. The Morgan fingerprint density at radius 1 is 0.786 bits per heavy atom. The Bertz CT molecular complexity index is 104. The third-order valence-corrected chi connectivity index (χ3v) is 1.58. The molecule has 1 radical (unpaired) electrons. The number of ether oxygens (including phenoxy) is 3. The van der Waals surface area contributed by atoms with Crippen LogP contribution in [0, 0.1) is 6.92 Å². The molecule has 0 fully saturated rings. The van der Waals surface area contributed by atoms with E-state index in [2.05, 4.69) is 6.92 Å². The van der Waals surface area contributed by atoms with Crippen molar-refractivity contribution in [3.63, 3.8) is 0 Å². The van der Waals surface area contributed by atoms with Crippen molar-refractivity contribution in [2.45, 2.75) is 46.0 Å². The highest BCUT2D eigenvalue weighted by atomic mass is 16.9. The molecule has 0 saturated carbocycles. The van der Waals surface area contributed by atoms with Crippen molar-refractivity contribution < 1.29 is 14.2 Å². The zero-order valence-corrected chi connectivity index (χ0v) is 9.67.